The van der Waals surface area contributed by atoms with Gasteiger partial charge in [-0.15, -0.1) is 13.2 Å². The van der Waals surface area contributed by atoms with E-state index >= 15 is 0 Å². The van der Waals surface area contributed by atoms with Gasteiger partial charge in [0.05, 0.1) is 11.9 Å². The van der Waals surface area contributed by atoms with Crippen molar-refractivity contribution in [2.24, 2.45) is 0 Å². The first-order valence-corrected chi connectivity index (χ1v) is 8.43. The second kappa shape index (κ2) is 7.43. The first-order chi connectivity index (χ1) is 14.3. The van der Waals surface area contributed by atoms with Gasteiger partial charge in [-0.3, -0.25) is 4.79 Å². The maximum atomic E-state index is 13.8. The van der Waals surface area contributed by atoms with Crippen molar-refractivity contribution in [2.45, 2.75) is 6.36 Å². The number of amides is 1. The Morgan fingerprint density at radius 2 is 1.90 bits per heavy atom. The lowest BCUT2D eigenvalue weighted by molar-refractivity contribution is -0.274. The minimum absolute atomic E-state index is 0.0894. The topological polar surface area (TPSA) is 81.4 Å². The second-order valence-corrected chi connectivity index (χ2v) is 5.97. The molecule has 3 aromatic heterocycles. The molecule has 1 amide bonds. The molecule has 1 aromatic carbocycles. The van der Waals surface area contributed by atoms with E-state index in [1.54, 1.807) is 0 Å². The zero-order valence-electron chi connectivity index (χ0n) is 14.9. The number of nitrogens with one attached hydrogen (secondary N) is 1. The molecule has 0 spiro atoms. The zero-order valence-corrected chi connectivity index (χ0v) is 14.9. The van der Waals surface area contributed by atoms with Crippen molar-refractivity contribution in [3.63, 3.8) is 0 Å². The number of carbonyl (C=O) groups is 1. The zero-order chi connectivity index (χ0) is 21.3. The number of hydrogen-bond donors (Lipinski definition) is 1. The Hall–Kier alpha value is -4.02. The van der Waals surface area contributed by atoms with E-state index in [4.69, 9.17) is 0 Å². The van der Waals surface area contributed by atoms with Crippen LogP contribution in [0.1, 0.15) is 10.5 Å². The highest BCUT2D eigenvalue weighted by atomic mass is 19.4. The van der Waals surface area contributed by atoms with E-state index in [0.717, 1.165) is 12.1 Å². The summed E-state index contributed by atoms with van der Waals surface area (Å²) in [5, 5.41) is 6.47. The van der Waals surface area contributed by atoms with Crippen LogP contribution in [0.4, 0.5) is 23.2 Å². The molecule has 3 heterocycles. The molecule has 11 heteroatoms. The van der Waals surface area contributed by atoms with Crippen LogP contribution >= 0.6 is 0 Å². The smallest absolute Gasteiger partial charge is 0.405 e. The van der Waals surface area contributed by atoms with Crippen molar-refractivity contribution in [3.8, 4) is 17.0 Å². The molecule has 152 valence electrons. The maximum absolute atomic E-state index is 13.8. The van der Waals surface area contributed by atoms with Crippen molar-refractivity contribution >= 4 is 17.2 Å². The molecule has 30 heavy (non-hydrogen) atoms. The van der Waals surface area contributed by atoms with E-state index < -0.39 is 29.5 Å². The van der Waals surface area contributed by atoms with E-state index in [1.807, 2.05) is 0 Å². The summed E-state index contributed by atoms with van der Waals surface area (Å²) in [6.45, 7) is 0. The molecule has 0 atom stereocenters. The van der Waals surface area contributed by atoms with Gasteiger partial charge in [-0.05, 0) is 30.3 Å². The van der Waals surface area contributed by atoms with Crippen molar-refractivity contribution in [2.75, 3.05) is 5.32 Å². The lowest BCUT2D eigenvalue weighted by Gasteiger charge is -2.13. The molecule has 0 saturated heterocycles. The van der Waals surface area contributed by atoms with Crippen molar-refractivity contribution in [1.29, 1.82) is 0 Å². The van der Waals surface area contributed by atoms with Crippen LogP contribution < -0.4 is 10.1 Å². The summed E-state index contributed by atoms with van der Waals surface area (Å²) in [5.74, 6) is -2.06. The van der Waals surface area contributed by atoms with Gasteiger partial charge in [0.1, 0.15) is 11.4 Å². The molecule has 0 aliphatic heterocycles. The molecule has 1 N–H and O–H groups in total. The van der Waals surface area contributed by atoms with Gasteiger partial charge in [0.2, 0.25) is 0 Å². The van der Waals surface area contributed by atoms with Gasteiger partial charge < -0.3 is 10.1 Å². The molecule has 0 unspecified atom stereocenters. The predicted octanol–water partition coefficient (Wildman–Crippen LogP) is 4.08. The molecule has 4 rings (SSSR count). The molecule has 0 fully saturated rings. The maximum Gasteiger partial charge on any atom is 0.573 e. The molecule has 0 radical (unpaired) electrons. The van der Waals surface area contributed by atoms with Crippen molar-refractivity contribution in [1.82, 2.24) is 19.6 Å². The Labute approximate surface area is 166 Å². The van der Waals surface area contributed by atoms with Crippen LogP contribution in [0.3, 0.4) is 0 Å². The second-order valence-electron chi connectivity index (χ2n) is 5.97. The van der Waals surface area contributed by atoms with E-state index in [1.165, 1.54) is 53.4 Å². The number of para-hydroxylation sites is 1. The molecule has 0 saturated carbocycles. The summed E-state index contributed by atoms with van der Waals surface area (Å²) < 4.78 is 57.3. The number of rotatable bonds is 4. The van der Waals surface area contributed by atoms with Gasteiger partial charge in [0.15, 0.2) is 17.2 Å². The number of hydrogen-bond acceptors (Lipinski definition) is 5. The van der Waals surface area contributed by atoms with E-state index in [9.17, 15) is 22.4 Å². The Morgan fingerprint density at radius 3 is 2.67 bits per heavy atom. The summed E-state index contributed by atoms with van der Waals surface area (Å²) in [4.78, 5) is 20.3. The van der Waals surface area contributed by atoms with E-state index in [-0.39, 0.29) is 22.6 Å². The van der Waals surface area contributed by atoms with Crippen LogP contribution in [0.15, 0.2) is 61.1 Å². The van der Waals surface area contributed by atoms with Crippen LogP contribution in [0, 0.1) is 5.82 Å². The average molecular weight is 417 g/mol. The number of halogens is 4. The molecular formula is C19H11F4N5O2. The molecule has 7 nitrogen and oxygen atoms in total. The number of nitrogens with zero attached hydrogens (tertiary/aromatic N) is 4. The van der Waals surface area contributed by atoms with Gasteiger partial charge in [0.25, 0.3) is 5.91 Å². The first-order valence-electron chi connectivity index (χ1n) is 8.43. The van der Waals surface area contributed by atoms with Crippen molar-refractivity contribution < 1.29 is 27.1 Å². The summed E-state index contributed by atoms with van der Waals surface area (Å²) in [6.07, 6.45) is -0.868. The van der Waals surface area contributed by atoms with Crippen LogP contribution in [-0.4, -0.2) is 31.9 Å². The fourth-order valence-corrected chi connectivity index (χ4v) is 2.73. The molecule has 4 aromatic rings. The van der Waals surface area contributed by atoms with Gasteiger partial charge in [0, 0.05) is 18.0 Å². The highest BCUT2D eigenvalue weighted by molar-refractivity contribution is 6.04. The molecule has 0 aliphatic rings. The fraction of sp³-hybridized carbons (Fsp3) is 0.0526. The highest BCUT2D eigenvalue weighted by Crippen LogP contribution is 2.33. The van der Waals surface area contributed by atoms with E-state index in [2.05, 4.69) is 25.1 Å². The van der Waals surface area contributed by atoms with Crippen LogP contribution in [0.5, 0.6) is 5.75 Å². The third kappa shape index (κ3) is 3.90. The van der Waals surface area contributed by atoms with Gasteiger partial charge in [-0.25, -0.2) is 18.9 Å². The van der Waals surface area contributed by atoms with Crippen molar-refractivity contribution in [3.05, 3.63) is 72.6 Å². The monoisotopic (exact) mass is 417 g/mol. The van der Waals surface area contributed by atoms with E-state index in [0.29, 0.717) is 0 Å². The predicted molar refractivity (Wildman–Crippen MR) is 97.3 cm³/mol. The fourth-order valence-electron chi connectivity index (χ4n) is 2.73. The number of ether oxygens (including phenoxy) is 1. The summed E-state index contributed by atoms with van der Waals surface area (Å²) in [7, 11) is 0. The van der Waals surface area contributed by atoms with Crippen LogP contribution in [0.2, 0.25) is 0 Å². The summed E-state index contributed by atoms with van der Waals surface area (Å²) >= 11 is 0. The Kier molecular flexibility index (Phi) is 4.78. The lowest BCUT2D eigenvalue weighted by Crippen LogP contribution is -2.17. The largest absolute Gasteiger partial charge is 0.573 e. The molecule has 0 aliphatic carbocycles. The first kappa shape index (κ1) is 19.3. The number of alkyl halides is 3. The number of aromatic nitrogens is 4. The van der Waals surface area contributed by atoms with Gasteiger partial charge in [-0.1, -0.05) is 12.1 Å². The van der Waals surface area contributed by atoms with Crippen LogP contribution in [-0.2, 0) is 0 Å². The Bertz CT molecular complexity index is 1240. The standard InChI is InChI=1S/C19H11F4N5O2/c20-12-5-3-8-24-16(12)18(29)27-14-10-25-28-9-7-13(26-17(14)28)11-4-1-2-6-15(11)30-19(21,22)23/h1-10H,(H,27,29). The number of pyridine rings is 1. The highest BCUT2D eigenvalue weighted by Gasteiger charge is 2.32. The number of carbonyl (C=O) groups excluding carboxylic acids is 1. The minimum Gasteiger partial charge on any atom is -0.405 e. The third-order valence-electron chi connectivity index (χ3n) is 3.98. The summed E-state index contributed by atoms with van der Waals surface area (Å²) in [5.41, 5.74) is 0.0889. The minimum atomic E-state index is -4.87. The summed E-state index contributed by atoms with van der Waals surface area (Å²) in [6, 6.07) is 9.39. The van der Waals surface area contributed by atoms with Gasteiger partial charge >= 0.3 is 6.36 Å². The number of benzene rings is 1. The lowest BCUT2D eigenvalue weighted by atomic mass is 10.1. The molecular weight excluding hydrogens is 406 g/mol. The quantitative estimate of drug-likeness (QED) is 0.506. The average Bonchev–Trinajstić information content (AvgIpc) is 3.09. The SMILES string of the molecule is O=C(Nc1cnn2ccc(-c3ccccc3OC(F)(F)F)nc12)c1ncccc1F. The normalized spacial score (nSPS) is 11.5. The number of anilines is 1. The van der Waals surface area contributed by atoms with Gasteiger partial charge in [-0.2, -0.15) is 5.10 Å². The Morgan fingerprint density at radius 1 is 1.10 bits per heavy atom. The van der Waals surface area contributed by atoms with Crippen LogP contribution in [0.25, 0.3) is 16.9 Å². The number of fused-ring (bicyclic) bond motifs is 1. The third-order valence-corrected chi connectivity index (χ3v) is 3.98. The Balaban J connectivity index is 1.71. The molecule has 0 bridgehead atoms.